The van der Waals surface area contributed by atoms with Gasteiger partial charge in [-0.15, -0.1) is 0 Å². The first-order chi connectivity index (χ1) is 15.0. The van der Waals surface area contributed by atoms with Gasteiger partial charge in [0.15, 0.2) is 0 Å². The smallest absolute Gasteiger partial charge is 0.148 e. The van der Waals surface area contributed by atoms with Crippen LogP contribution in [0.5, 0.6) is 0 Å². The Labute approximate surface area is 179 Å². The second-order valence-electron chi connectivity index (χ2n) is 7.59. The van der Waals surface area contributed by atoms with E-state index in [-0.39, 0.29) is 16.5 Å². The van der Waals surface area contributed by atoms with Crippen LogP contribution in [0.3, 0.4) is 0 Å². The zero-order valence-electron chi connectivity index (χ0n) is 17.1. The monoisotopic (exact) mass is 415 g/mol. The lowest BCUT2D eigenvalue weighted by Crippen LogP contribution is -1.94. The molecule has 0 aliphatic heterocycles. The largest absolute Gasteiger partial charge is 0.206 e. The number of nitriles is 1. The van der Waals surface area contributed by atoms with Crippen LogP contribution in [0.15, 0.2) is 66.7 Å². The van der Waals surface area contributed by atoms with E-state index in [0.29, 0.717) is 16.5 Å². The number of rotatable bonds is 5. The van der Waals surface area contributed by atoms with E-state index in [9.17, 15) is 13.2 Å². The lowest BCUT2D eigenvalue weighted by molar-refractivity contribution is 0.590. The first kappa shape index (κ1) is 20.7. The fourth-order valence-electron chi connectivity index (χ4n) is 3.79. The van der Waals surface area contributed by atoms with Crippen molar-refractivity contribution < 1.29 is 13.2 Å². The van der Waals surface area contributed by atoms with E-state index in [1.807, 2.05) is 24.3 Å². The van der Waals surface area contributed by atoms with Crippen LogP contribution in [0.1, 0.15) is 30.9 Å². The van der Waals surface area contributed by atoms with Crippen molar-refractivity contribution in [3.8, 4) is 28.3 Å². The summed E-state index contributed by atoms with van der Waals surface area (Å²) < 4.78 is 44.3. The molecule has 0 N–H and O–H groups in total. The molecule has 0 aliphatic carbocycles. The Morgan fingerprint density at radius 3 is 2.10 bits per heavy atom. The van der Waals surface area contributed by atoms with Gasteiger partial charge >= 0.3 is 0 Å². The van der Waals surface area contributed by atoms with Gasteiger partial charge in [-0.25, -0.2) is 13.2 Å². The zero-order chi connectivity index (χ0) is 22.0. The second kappa shape index (κ2) is 8.65. The average Bonchev–Trinajstić information content (AvgIpc) is 2.78. The Kier molecular flexibility index (Phi) is 5.77. The third kappa shape index (κ3) is 4.04. The van der Waals surface area contributed by atoms with Crippen LogP contribution >= 0.6 is 0 Å². The molecule has 0 aliphatic rings. The molecule has 0 aromatic heterocycles. The predicted molar refractivity (Wildman–Crippen MR) is 118 cm³/mol. The van der Waals surface area contributed by atoms with Crippen molar-refractivity contribution in [2.24, 2.45) is 0 Å². The number of aryl methyl sites for hydroxylation is 1. The number of fused-ring (bicyclic) bond motifs is 1. The first-order valence-electron chi connectivity index (χ1n) is 10.2. The molecule has 0 saturated carbocycles. The normalized spacial score (nSPS) is 10.9. The van der Waals surface area contributed by atoms with Crippen molar-refractivity contribution in [2.75, 3.05) is 0 Å². The molecule has 4 aromatic rings. The highest BCUT2D eigenvalue weighted by Crippen LogP contribution is 2.33. The molecule has 4 aromatic carbocycles. The maximum absolute atomic E-state index is 15.0. The lowest BCUT2D eigenvalue weighted by atomic mass is 9.96. The molecule has 0 atom stereocenters. The van der Waals surface area contributed by atoms with Gasteiger partial charge in [0.05, 0.1) is 11.1 Å². The first-order valence-corrected chi connectivity index (χ1v) is 10.2. The highest BCUT2D eigenvalue weighted by molar-refractivity contribution is 5.89. The molecule has 4 heteroatoms. The molecule has 0 saturated heterocycles. The summed E-state index contributed by atoms with van der Waals surface area (Å²) >= 11 is 0. The Hall–Kier alpha value is -3.58. The zero-order valence-corrected chi connectivity index (χ0v) is 17.1. The Balaban J connectivity index is 1.71. The Morgan fingerprint density at radius 2 is 1.45 bits per heavy atom. The van der Waals surface area contributed by atoms with Crippen LogP contribution in [0.2, 0.25) is 0 Å². The SMILES string of the molecule is CCCCc1ccc(-c2cc(F)c(-c3ccc4c(F)c(C#N)ccc4c3)c(F)c2)cc1. The second-order valence-corrected chi connectivity index (χ2v) is 7.59. The predicted octanol–water partition coefficient (Wildman–Crippen LogP) is 7.81. The molecular weight excluding hydrogens is 395 g/mol. The summed E-state index contributed by atoms with van der Waals surface area (Å²) in [6.07, 6.45) is 3.20. The van der Waals surface area contributed by atoms with E-state index in [2.05, 4.69) is 6.92 Å². The highest BCUT2D eigenvalue weighted by atomic mass is 19.1. The van der Waals surface area contributed by atoms with Crippen LogP contribution < -0.4 is 0 Å². The van der Waals surface area contributed by atoms with Crippen molar-refractivity contribution in [1.82, 2.24) is 0 Å². The van der Waals surface area contributed by atoms with Crippen molar-refractivity contribution in [2.45, 2.75) is 26.2 Å². The lowest BCUT2D eigenvalue weighted by Gasteiger charge is -2.11. The number of halogens is 3. The molecule has 0 amide bonds. The van der Waals surface area contributed by atoms with Crippen molar-refractivity contribution in [3.05, 3.63) is 95.3 Å². The molecule has 31 heavy (non-hydrogen) atoms. The minimum Gasteiger partial charge on any atom is -0.206 e. The average molecular weight is 415 g/mol. The van der Waals surface area contributed by atoms with Gasteiger partial charge in [-0.2, -0.15) is 5.26 Å². The van der Waals surface area contributed by atoms with E-state index < -0.39 is 17.5 Å². The van der Waals surface area contributed by atoms with Crippen LogP contribution in [0.4, 0.5) is 13.2 Å². The van der Waals surface area contributed by atoms with Gasteiger partial charge < -0.3 is 0 Å². The maximum atomic E-state index is 15.0. The van der Waals surface area contributed by atoms with Gasteiger partial charge in [0.2, 0.25) is 0 Å². The summed E-state index contributed by atoms with van der Waals surface area (Å²) in [7, 11) is 0. The summed E-state index contributed by atoms with van der Waals surface area (Å²) in [4.78, 5) is 0. The van der Waals surface area contributed by atoms with E-state index in [0.717, 1.165) is 24.8 Å². The molecule has 0 fully saturated rings. The number of hydrogen-bond acceptors (Lipinski definition) is 1. The fourth-order valence-corrected chi connectivity index (χ4v) is 3.79. The topological polar surface area (TPSA) is 23.8 Å². The molecule has 0 radical (unpaired) electrons. The van der Waals surface area contributed by atoms with E-state index in [1.165, 1.54) is 42.0 Å². The summed E-state index contributed by atoms with van der Waals surface area (Å²) in [6, 6.07) is 19.6. The van der Waals surface area contributed by atoms with Gasteiger partial charge in [-0.3, -0.25) is 0 Å². The molecule has 1 nitrogen and oxygen atoms in total. The Bertz CT molecular complexity index is 1280. The molecule has 0 unspecified atom stereocenters. The van der Waals surface area contributed by atoms with Crippen LogP contribution in [-0.2, 0) is 6.42 Å². The minimum atomic E-state index is -0.682. The molecule has 154 valence electrons. The standard InChI is InChI=1S/C27H20F3N/c1-2-3-4-17-5-7-18(8-6-17)22-14-24(28)26(25(29)15-22)20-11-12-23-19(13-20)9-10-21(16-31)27(23)30/h5-15H,2-4H2,1H3. The van der Waals surface area contributed by atoms with Crippen molar-refractivity contribution in [3.63, 3.8) is 0 Å². The Morgan fingerprint density at radius 1 is 0.774 bits per heavy atom. The van der Waals surface area contributed by atoms with Crippen LogP contribution in [0, 0.1) is 28.8 Å². The molecular formula is C27H20F3N. The number of hydrogen-bond donors (Lipinski definition) is 0. The number of unbranched alkanes of at least 4 members (excludes halogenated alkanes) is 1. The number of nitrogens with zero attached hydrogens (tertiary/aromatic N) is 1. The minimum absolute atomic E-state index is 0.0670. The molecule has 0 spiro atoms. The third-order valence-corrected chi connectivity index (χ3v) is 5.51. The van der Waals surface area contributed by atoms with E-state index in [4.69, 9.17) is 5.26 Å². The fraction of sp³-hybridized carbons (Fsp3) is 0.148. The van der Waals surface area contributed by atoms with Crippen molar-refractivity contribution >= 4 is 10.8 Å². The van der Waals surface area contributed by atoms with E-state index >= 15 is 0 Å². The quantitative estimate of drug-likeness (QED) is 0.326. The van der Waals surface area contributed by atoms with Crippen LogP contribution in [-0.4, -0.2) is 0 Å². The summed E-state index contributed by atoms with van der Waals surface area (Å²) in [6.45, 7) is 2.14. The highest BCUT2D eigenvalue weighted by Gasteiger charge is 2.16. The molecule has 0 bridgehead atoms. The van der Waals surface area contributed by atoms with Gasteiger partial charge in [0.25, 0.3) is 0 Å². The summed E-state index contributed by atoms with van der Waals surface area (Å²) in [5.41, 5.74) is 2.50. The van der Waals surface area contributed by atoms with Gasteiger partial charge in [-0.05, 0) is 64.7 Å². The summed E-state index contributed by atoms with van der Waals surface area (Å²) in [5.74, 6) is -2.00. The van der Waals surface area contributed by atoms with E-state index in [1.54, 1.807) is 12.1 Å². The summed E-state index contributed by atoms with van der Waals surface area (Å²) in [5, 5.41) is 9.68. The van der Waals surface area contributed by atoms with Gasteiger partial charge in [0, 0.05) is 5.39 Å². The van der Waals surface area contributed by atoms with Gasteiger partial charge in [-0.1, -0.05) is 55.8 Å². The third-order valence-electron chi connectivity index (χ3n) is 5.51. The number of benzene rings is 4. The van der Waals surface area contributed by atoms with Gasteiger partial charge in [0.1, 0.15) is 23.5 Å². The van der Waals surface area contributed by atoms with Crippen molar-refractivity contribution in [1.29, 1.82) is 5.26 Å². The maximum Gasteiger partial charge on any atom is 0.148 e. The molecule has 4 rings (SSSR count). The molecule has 0 heterocycles. The van der Waals surface area contributed by atoms with Crippen LogP contribution in [0.25, 0.3) is 33.0 Å².